The minimum atomic E-state index is 0.433. The van der Waals surface area contributed by atoms with Crippen LogP contribution in [0.3, 0.4) is 0 Å². The van der Waals surface area contributed by atoms with E-state index in [4.69, 9.17) is 23.2 Å². The molecule has 2 rings (SSSR count). The van der Waals surface area contributed by atoms with Crippen molar-refractivity contribution in [1.82, 2.24) is 9.88 Å². The van der Waals surface area contributed by atoms with E-state index in [1.54, 1.807) is 17.4 Å². The molecular formula is C14H16Cl2N2S. The monoisotopic (exact) mass is 314 g/mol. The van der Waals surface area contributed by atoms with Gasteiger partial charge in [-0.15, -0.1) is 11.3 Å². The predicted molar refractivity (Wildman–Crippen MR) is 83.2 cm³/mol. The van der Waals surface area contributed by atoms with Gasteiger partial charge >= 0.3 is 0 Å². The van der Waals surface area contributed by atoms with Crippen LogP contribution in [0.4, 0.5) is 0 Å². The van der Waals surface area contributed by atoms with Gasteiger partial charge < -0.3 is 0 Å². The molecule has 0 bridgehead atoms. The molecule has 1 unspecified atom stereocenters. The Bertz CT molecular complexity index is 528. The molecule has 0 radical (unpaired) electrons. The Labute approximate surface area is 128 Å². The molecule has 0 aromatic carbocycles. The fourth-order valence-electron chi connectivity index (χ4n) is 1.86. The Balaban J connectivity index is 1.98. The summed E-state index contributed by atoms with van der Waals surface area (Å²) >= 11 is 13.7. The molecule has 2 nitrogen and oxygen atoms in total. The largest absolute Gasteiger partial charge is 0.299 e. The minimum absolute atomic E-state index is 0.433. The highest BCUT2D eigenvalue weighted by Crippen LogP contribution is 2.20. The highest BCUT2D eigenvalue weighted by atomic mass is 35.5. The lowest BCUT2D eigenvalue weighted by Crippen LogP contribution is -2.30. The first-order valence-corrected chi connectivity index (χ1v) is 7.73. The van der Waals surface area contributed by atoms with Crippen LogP contribution in [0.2, 0.25) is 10.3 Å². The Morgan fingerprint density at radius 2 is 2.11 bits per heavy atom. The third-order valence-corrected chi connectivity index (χ3v) is 4.58. The van der Waals surface area contributed by atoms with Crippen LogP contribution < -0.4 is 0 Å². The molecular weight excluding hydrogens is 299 g/mol. The quantitative estimate of drug-likeness (QED) is 0.755. The number of nitrogens with zero attached hydrogens (tertiary/aromatic N) is 2. The zero-order valence-corrected chi connectivity index (χ0v) is 13.3. The summed E-state index contributed by atoms with van der Waals surface area (Å²) in [5.41, 5.74) is 1.01. The average Bonchev–Trinajstić information content (AvgIpc) is 2.85. The number of halogens is 2. The van der Waals surface area contributed by atoms with Gasteiger partial charge in [0.2, 0.25) is 0 Å². The van der Waals surface area contributed by atoms with Gasteiger partial charge in [-0.1, -0.05) is 35.3 Å². The van der Waals surface area contributed by atoms with Crippen molar-refractivity contribution in [2.75, 3.05) is 7.05 Å². The van der Waals surface area contributed by atoms with Crippen molar-refractivity contribution in [3.05, 3.63) is 50.4 Å². The number of hydrogen-bond acceptors (Lipinski definition) is 3. The van der Waals surface area contributed by atoms with Crippen LogP contribution in [-0.4, -0.2) is 23.0 Å². The van der Waals surface area contributed by atoms with E-state index in [9.17, 15) is 0 Å². The number of aromatic nitrogens is 1. The van der Waals surface area contributed by atoms with Crippen LogP contribution in [0.25, 0.3) is 0 Å². The fourth-order valence-corrected chi connectivity index (χ4v) is 3.09. The lowest BCUT2D eigenvalue weighted by atomic mass is 10.1. The molecule has 0 N–H and O–H groups in total. The molecule has 19 heavy (non-hydrogen) atoms. The molecule has 0 aliphatic carbocycles. The zero-order chi connectivity index (χ0) is 13.8. The molecule has 5 heteroatoms. The first-order valence-electron chi connectivity index (χ1n) is 6.10. The third-order valence-electron chi connectivity index (χ3n) is 3.14. The van der Waals surface area contributed by atoms with E-state index >= 15 is 0 Å². The van der Waals surface area contributed by atoms with Gasteiger partial charge in [0.05, 0.1) is 0 Å². The van der Waals surface area contributed by atoms with Crippen molar-refractivity contribution in [1.29, 1.82) is 0 Å². The zero-order valence-electron chi connectivity index (χ0n) is 10.9. The average molecular weight is 315 g/mol. The molecule has 102 valence electrons. The maximum absolute atomic E-state index is 6.10. The number of thiophene rings is 1. The lowest BCUT2D eigenvalue weighted by Gasteiger charge is -2.24. The van der Waals surface area contributed by atoms with E-state index in [1.807, 2.05) is 6.07 Å². The van der Waals surface area contributed by atoms with E-state index in [1.165, 1.54) is 4.88 Å². The van der Waals surface area contributed by atoms with Crippen LogP contribution >= 0.6 is 34.5 Å². The summed E-state index contributed by atoms with van der Waals surface area (Å²) in [6, 6.07) is 8.43. The molecule has 0 aliphatic rings. The fraction of sp³-hybridized carbons (Fsp3) is 0.357. The van der Waals surface area contributed by atoms with Crippen molar-refractivity contribution < 1.29 is 0 Å². The Morgan fingerprint density at radius 1 is 1.32 bits per heavy atom. The smallest absolute Gasteiger partial charge is 0.135 e. The van der Waals surface area contributed by atoms with E-state index in [0.29, 0.717) is 16.3 Å². The maximum Gasteiger partial charge on any atom is 0.135 e. The molecule has 2 aromatic rings. The summed E-state index contributed by atoms with van der Waals surface area (Å²) in [4.78, 5) is 7.74. The summed E-state index contributed by atoms with van der Waals surface area (Å²) < 4.78 is 0. The van der Waals surface area contributed by atoms with Crippen molar-refractivity contribution in [2.24, 2.45) is 0 Å². The number of rotatable bonds is 5. The number of hydrogen-bond donors (Lipinski definition) is 0. The lowest BCUT2D eigenvalue weighted by molar-refractivity contribution is 0.249. The highest BCUT2D eigenvalue weighted by Gasteiger charge is 2.13. The standard InChI is InChI=1S/C14H16Cl2N2S/c1-10(8-12-4-3-7-19-12)18(2)9-11-5-6-13(15)17-14(11)16/h3-7,10H,8-9H2,1-2H3. The molecule has 0 amide bonds. The number of likely N-dealkylation sites (N-methyl/N-ethyl adjacent to an activating group) is 1. The second-order valence-electron chi connectivity index (χ2n) is 4.63. The molecule has 2 heterocycles. The summed E-state index contributed by atoms with van der Waals surface area (Å²) in [5.74, 6) is 0. The third kappa shape index (κ3) is 4.18. The highest BCUT2D eigenvalue weighted by molar-refractivity contribution is 7.09. The van der Waals surface area contributed by atoms with E-state index in [0.717, 1.165) is 18.5 Å². The Kier molecular flexibility index (Phi) is 5.22. The van der Waals surface area contributed by atoms with Crippen molar-refractivity contribution in [2.45, 2.75) is 25.9 Å². The topological polar surface area (TPSA) is 16.1 Å². The van der Waals surface area contributed by atoms with E-state index in [2.05, 4.69) is 41.4 Å². The Morgan fingerprint density at radius 3 is 2.74 bits per heavy atom. The van der Waals surface area contributed by atoms with Crippen LogP contribution in [0.1, 0.15) is 17.4 Å². The predicted octanol–water partition coefficient (Wildman–Crippen LogP) is 4.51. The van der Waals surface area contributed by atoms with Crippen LogP contribution in [0, 0.1) is 0 Å². The number of pyridine rings is 1. The van der Waals surface area contributed by atoms with Gasteiger partial charge in [0.25, 0.3) is 0 Å². The minimum Gasteiger partial charge on any atom is -0.299 e. The van der Waals surface area contributed by atoms with Gasteiger partial charge in [-0.3, -0.25) is 4.90 Å². The van der Waals surface area contributed by atoms with Crippen LogP contribution in [0.5, 0.6) is 0 Å². The molecule has 1 atom stereocenters. The van der Waals surface area contributed by atoms with Crippen molar-refractivity contribution in [3.63, 3.8) is 0 Å². The van der Waals surface area contributed by atoms with Gasteiger partial charge in [-0.25, -0.2) is 4.98 Å². The summed E-state index contributed by atoms with van der Waals surface area (Å²) in [5, 5.41) is 3.04. The van der Waals surface area contributed by atoms with Crippen LogP contribution in [0.15, 0.2) is 29.6 Å². The van der Waals surface area contributed by atoms with Crippen LogP contribution in [-0.2, 0) is 13.0 Å². The molecule has 2 aromatic heterocycles. The SMILES string of the molecule is CC(Cc1cccs1)N(C)Cc1ccc(Cl)nc1Cl. The maximum atomic E-state index is 6.10. The molecule has 0 saturated heterocycles. The normalized spacial score (nSPS) is 12.9. The van der Waals surface area contributed by atoms with Crippen molar-refractivity contribution in [3.8, 4) is 0 Å². The molecule has 0 saturated carbocycles. The van der Waals surface area contributed by atoms with E-state index in [-0.39, 0.29) is 0 Å². The molecule has 0 spiro atoms. The summed E-state index contributed by atoms with van der Waals surface area (Å²) in [6.07, 6.45) is 1.05. The first-order chi connectivity index (χ1) is 9.06. The molecule has 0 fully saturated rings. The van der Waals surface area contributed by atoms with E-state index < -0.39 is 0 Å². The van der Waals surface area contributed by atoms with Gasteiger partial charge in [0, 0.05) is 23.0 Å². The van der Waals surface area contributed by atoms with Gasteiger partial charge in [-0.05, 0) is 37.9 Å². The van der Waals surface area contributed by atoms with Crippen molar-refractivity contribution >= 4 is 34.5 Å². The van der Waals surface area contributed by atoms with Gasteiger partial charge in [0.1, 0.15) is 10.3 Å². The summed E-state index contributed by atoms with van der Waals surface area (Å²) in [6.45, 7) is 2.99. The summed E-state index contributed by atoms with van der Waals surface area (Å²) in [7, 11) is 2.10. The van der Waals surface area contributed by atoms with Gasteiger partial charge in [0.15, 0.2) is 0 Å². The first kappa shape index (κ1) is 14.8. The Hall–Kier alpha value is -0.610. The second-order valence-corrected chi connectivity index (χ2v) is 6.41. The second kappa shape index (κ2) is 6.71. The van der Waals surface area contributed by atoms with Gasteiger partial charge in [-0.2, -0.15) is 0 Å². The molecule has 0 aliphatic heterocycles.